The summed E-state index contributed by atoms with van der Waals surface area (Å²) >= 11 is 0. The molecule has 0 spiro atoms. The first-order valence-electron chi connectivity index (χ1n) is 48.7. The first-order valence-corrected chi connectivity index (χ1v) is 48.7. The van der Waals surface area contributed by atoms with Crippen molar-refractivity contribution < 1.29 is 38.1 Å². The van der Waals surface area contributed by atoms with Gasteiger partial charge >= 0.3 is 0 Å². The zero-order chi connectivity index (χ0) is 108. The molecule has 150 heavy (non-hydrogen) atoms. The maximum atomic E-state index is 12.2. The van der Waals surface area contributed by atoms with Crippen molar-refractivity contribution in [3.8, 4) is 63.0 Å². The molecule has 39 nitrogen and oxygen atoms in total. The molecule has 0 fully saturated rings. The normalized spacial score (nSPS) is 11.0. The number of nitrogens with one attached hydrogen (secondary N) is 8. The van der Waals surface area contributed by atoms with Crippen molar-refractivity contribution >= 4 is 154 Å². The quantitative estimate of drug-likeness (QED) is 0.0165. The Hall–Kier alpha value is -17.7. The summed E-state index contributed by atoms with van der Waals surface area (Å²) in [6.45, 7) is 30.5. The third-order valence-electron chi connectivity index (χ3n) is 24.4. The molecular formula is C111H133N31O8. The molecule has 0 aliphatic carbocycles. The van der Waals surface area contributed by atoms with Crippen LogP contribution in [0, 0.1) is 13.8 Å². The SMILES string of the molecule is C=CC(=O)Nc1cc(Nc2nccc(-c3cn(CC)c4ccccc34)n2)c(OC)cc1N(C)CCN(C)C.C=CC(=O)Nc1cc(Nc2nccc(-c3nc(C)c4ccccn34)n2)c(OC)cc1N(C)CCN(C)C.C=CC(=O)Nc1cc(Nc2nccc(-c3nn(CC)c4ccccc34)n2)c(OC)cc1N(C)CCN(C)C.C=CC(=O)Nc1cc(Nc2nccc(-n3nc(C)c4ccccc43)n2)c(OC)cc1N(C)CCN(C)C. The number of hydrogen-bond acceptors (Lipinski definition) is 31. The Morgan fingerprint density at radius 2 is 0.707 bits per heavy atom. The highest BCUT2D eigenvalue weighted by atomic mass is 16.5. The van der Waals surface area contributed by atoms with Crippen molar-refractivity contribution in [3.63, 3.8) is 0 Å². The number of fused-ring (bicyclic) bond motifs is 4. The number of amides is 4. The minimum atomic E-state index is -0.308. The van der Waals surface area contributed by atoms with Gasteiger partial charge in [-0.1, -0.05) is 87.0 Å². The third kappa shape index (κ3) is 27.3. The van der Waals surface area contributed by atoms with Crippen LogP contribution in [-0.2, 0) is 32.3 Å². The standard InChI is InChI=1S/C29H35N7O2.C28H34N8O2.2C27H32N8O2/c1-7-28(37)31-23-17-24(27(38-6)18-26(23)35(5)16-15-34(3)4)33-29-30-14-13-22(32-29)21-19-36(8-2)25-12-10-9-11-20(21)25;1-7-26(37)30-21-17-22(25(38-6)18-24(21)35(5)16-15-34(3)4)32-28-29-14-13-20(31-28)27-19-11-9-10-12-23(19)36(8-2)33-27;1-7-25(36)30-20-16-21(24(37-6)17-23(20)34(5)15-14-33(3)4)32-27-28-12-11-19(31-27)26-29-18(2)22-10-8-9-13-35(22)26;1-7-26(36)29-20-16-21(24(37-6)17-23(20)34(5)15-14-33(3)4)30-27-28-13-12-25(31-27)35-22-11-9-8-10-19(22)18(2)32-35/h7,9-14,17-19H,1,8,15-16H2,2-6H3,(H,31,37)(H,30,32,33);7,9-14,17-18H,1,8,15-16H2,2-6H3,(H,30,37)(H,29,31,32);7-13,16-17H,1,14-15H2,2-6H3,(H,30,36)(H,28,31,32);7-13,16-17H,1,14-15H2,2-6H3,(H,29,36)(H,28,30,31). The van der Waals surface area contributed by atoms with E-state index in [9.17, 15) is 19.2 Å². The number of aryl methyl sites for hydroxylation is 4. The molecule has 0 atom stereocenters. The number of ether oxygens (including phenoxy) is 4. The zero-order valence-corrected chi connectivity index (χ0v) is 88.8. The summed E-state index contributed by atoms with van der Waals surface area (Å²) in [5, 5.41) is 37.4. The van der Waals surface area contributed by atoms with E-state index < -0.39 is 0 Å². The van der Waals surface area contributed by atoms with E-state index in [-0.39, 0.29) is 23.6 Å². The van der Waals surface area contributed by atoms with E-state index in [1.165, 1.54) is 24.3 Å². The summed E-state index contributed by atoms with van der Waals surface area (Å²) < 4.78 is 30.8. The highest BCUT2D eigenvalue weighted by Gasteiger charge is 2.26. The molecule has 8 N–H and O–H groups in total. The van der Waals surface area contributed by atoms with Gasteiger partial charge in [0.15, 0.2) is 11.6 Å². The van der Waals surface area contributed by atoms with Gasteiger partial charge in [0.25, 0.3) is 0 Å². The molecule has 16 aromatic rings. The summed E-state index contributed by atoms with van der Waals surface area (Å²) in [6, 6.07) is 52.6. The van der Waals surface area contributed by atoms with E-state index in [0.717, 1.165) is 161 Å². The number of anilines is 16. The fourth-order valence-corrected chi connectivity index (χ4v) is 16.3. The number of benzene rings is 7. The lowest BCUT2D eigenvalue weighted by molar-refractivity contribution is -0.112. The van der Waals surface area contributed by atoms with E-state index in [0.29, 0.717) is 109 Å². The van der Waals surface area contributed by atoms with E-state index in [4.69, 9.17) is 49.0 Å². The van der Waals surface area contributed by atoms with Gasteiger partial charge in [0, 0.05) is 188 Å². The summed E-state index contributed by atoms with van der Waals surface area (Å²) in [7, 11) is 30.5. The number of nitrogens with zero attached hydrogens (tertiary/aromatic N) is 23. The smallest absolute Gasteiger partial charge is 0.247 e. The van der Waals surface area contributed by atoms with Crippen LogP contribution in [0.25, 0.3) is 78.2 Å². The van der Waals surface area contributed by atoms with Crippen LogP contribution in [0.2, 0.25) is 0 Å². The number of hydrogen-bond donors (Lipinski definition) is 8. The van der Waals surface area contributed by atoms with Gasteiger partial charge in [0.1, 0.15) is 34.4 Å². The largest absolute Gasteiger partial charge is 0.494 e. The van der Waals surface area contributed by atoms with Crippen LogP contribution in [0.5, 0.6) is 23.0 Å². The number of likely N-dealkylation sites (N-methyl/N-ethyl adjacent to an activating group) is 8. The van der Waals surface area contributed by atoms with Crippen LogP contribution < -0.4 is 81.1 Å². The molecule has 16 rings (SSSR count). The van der Waals surface area contributed by atoms with E-state index >= 15 is 0 Å². The first-order chi connectivity index (χ1) is 72.3. The fraction of sp³-hybridized carbons (Fsp3) is 0.270. The topological polar surface area (TPSA) is 388 Å². The molecular weight excluding hydrogens is 1900 g/mol. The molecule has 0 saturated carbocycles. The summed E-state index contributed by atoms with van der Waals surface area (Å²) in [5.41, 5.74) is 18.2. The van der Waals surface area contributed by atoms with Gasteiger partial charge in [-0.3, -0.25) is 28.3 Å². The number of carbonyl (C=O) groups excluding carboxylic acids is 4. The maximum absolute atomic E-state index is 12.2. The van der Waals surface area contributed by atoms with Crippen molar-refractivity contribution in [1.29, 1.82) is 0 Å². The molecule has 4 amide bonds. The lowest BCUT2D eigenvalue weighted by Crippen LogP contribution is -2.29. The van der Waals surface area contributed by atoms with Gasteiger partial charge < -0.3 is 105 Å². The van der Waals surface area contributed by atoms with Gasteiger partial charge in [0.05, 0.1) is 136 Å². The molecule has 0 radical (unpaired) electrons. The Balaban J connectivity index is 0.000000167. The average molecular weight is 2030 g/mol. The lowest BCUT2D eigenvalue weighted by Gasteiger charge is -2.26. The molecule has 0 saturated heterocycles. The Morgan fingerprint density at radius 1 is 0.353 bits per heavy atom. The van der Waals surface area contributed by atoms with Crippen molar-refractivity contribution in [1.82, 2.24) is 93.0 Å². The van der Waals surface area contributed by atoms with E-state index in [1.807, 2.05) is 253 Å². The van der Waals surface area contributed by atoms with Gasteiger partial charge in [-0.2, -0.15) is 15.2 Å². The van der Waals surface area contributed by atoms with Crippen molar-refractivity contribution in [2.45, 2.75) is 40.8 Å². The number of para-hydroxylation sites is 3. The molecule has 0 unspecified atom stereocenters. The van der Waals surface area contributed by atoms with Gasteiger partial charge in [-0.25, -0.2) is 44.6 Å². The zero-order valence-electron chi connectivity index (χ0n) is 88.8. The van der Waals surface area contributed by atoms with Crippen LogP contribution >= 0.6 is 0 Å². The summed E-state index contributed by atoms with van der Waals surface area (Å²) in [5.74, 6) is 4.02. The monoisotopic (exact) mass is 2030 g/mol. The van der Waals surface area contributed by atoms with Crippen molar-refractivity contribution in [3.05, 3.63) is 263 Å². The molecule has 0 aliphatic rings. The number of rotatable bonds is 42. The molecule has 0 bridgehead atoms. The van der Waals surface area contributed by atoms with Crippen LogP contribution in [-0.4, -0.2) is 282 Å². The molecule has 780 valence electrons. The second kappa shape index (κ2) is 51.4. The van der Waals surface area contributed by atoms with Crippen LogP contribution in [0.1, 0.15) is 25.2 Å². The predicted molar refractivity (Wildman–Crippen MR) is 605 cm³/mol. The predicted octanol–water partition coefficient (Wildman–Crippen LogP) is 17.4. The summed E-state index contributed by atoms with van der Waals surface area (Å²) in [4.78, 5) is 107. The van der Waals surface area contributed by atoms with Crippen LogP contribution in [0.3, 0.4) is 0 Å². The van der Waals surface area contributed by atoms with Crippen LogP contribution in [0.4, 0.5) is 92.0 Å². The number of aromatic nitrogens is 15. The second-order valence-electron chi connectivity index (χ2n) is 36.0. The Morgan fingerprint density at radius 3 is 1.11 bits per heavy atom. The van der Waals surface area contributed by atoms with E-state index in [2.05, 4.69) is 176 Å². The Bertz CT molecular complexity index is 7060. The molecule has 39 heteroatoms. The number of carbonyl (C=O) groups is 4. The minimum absolute atomic E-state index is 0.297. The second-order valence-corrected chi connectivity index (χ2v) is 36.0. The molecule has 7 aromatic carbocycles. The average Bonchev–Trinajstić information content (AvgIpc) is 1.62. The van der Waals surface area contributed by atoms with E-state index in [1.54, 1.807) is 64.0 Å². The van der Waals surface area contributed by atoms with Gasteiger partial charge in [-0.05, 0) is 181 Å². The minimum Gasteiger partial charge on any atom is -0.494 e. The highest BCUT2D eigenvalue weighted by molar-refractivity contribution is 6.06. The summed E-state index contributed by atoms with van der Waals surface area (Å²) in [6.07, 6.45) is 15.8. The third-order valence-corrected chi connectivity index (χ3v) is 24.4. The fourth-order valence-electron chi connectivity index (χ4n) is 16.3. The maximum Gasteiger partial charge on any atom is 0.247 e. The first kappa shape index (κ1) is 110. The lowest BCUT2D eigenvalue weighted by atomic mass is 10.1. The molecule has 9 aromatic heterocycles. The number of imidazole rings is 1. The molecule has 9 heterocycles. The van der Waals surface area contributed by atoms with Gasteiger partial charge in [0.2, 0.25) is 47.4 Å². The highest BCUT2D eigenvalue weighted by Crippen LogP contribution is 2.44. The van der Waals surface area contributed by atoms with Crippen molar-refractivity contribution in [2.75, 3.05) is 228 Å². The van der Waals surface area contributed by atoms with Gasteiger partial charge in [-0.15, -0.1) is 0 Å². The number of methoxy groups -OCH3 is 4. The Kier molecular flexibility index (Phi) is 37.5. The Labute approximate surface area is 874 Å². The van der Waals surface area contributed by atoms with Crippen LogP contribution in [0.15, 0.2) is 252 Å². The molecule has 0 aliphatic heterocycles. The van der Waals surface area contributed by atoms with Crippen molar-refractivity contribution in [2.24, 2.45) is 0 Å². The number of pyridine rings is 1.